The van der Waals surface area contributed by atoms with Gasteiger partial charge >= 0.3 is 0 Å². The van der Waals surface area contributed by atoms with Gasteiger partial charge in [-0.25, -0.2) is 15.8 Å². The summed E-state index contributed by atoms with van der Waals surface area (Å²) in [6.07, 6.45) is 3.47. The van der Waals surface area contributed by atoms with Crippen molar-refractivity contribution in [2.75, 3.05) is 17.3 Å². The molecule has 0 unspecified atom stereocenters. The van der Waals surface area contributed by atoms with Crippen LogP contribution in [0, 0.1) is 0 Å². The molecule has 8 heteroatoms. The zero-order valence-corrected chi connectivity index (χ0v) is 12.0. The molecule has 0 aromatic carbocycles. The molecule has 2 aromatic rings. The van der Waals surface area contributed by atoms with Crippen LogP contribution < -0.4 is 16.6 Å². The summed E-state index contributed by atoms with van der Waals surface area (Å²) in [6, 6.07) is 1.77. The molecule has 0 saturated heterocycles. The topological polar surface area (TPSA) is 107 Å². The molecule has 2 heterocycles. The van der Waals surface area contributed by atoms with Gasteiger partial charge in [0.1, 0.15) is 17.5 Å². The van der Waals surface area contributed by atoms with Crippen molar-refractivity contribution in [1.29, 1.82) is 0 Å². The number of hydrogen-bond acceptors (Lipinski definition) is 7. The van der Waals surface area contributed by atoms with Crippen molar-refractivity contribution < 1.29 is 0 Å². The van der Waals surface area contributed by atoms with Crippen LogP contribution in [-0.2, 0) is 12.0 Å². The van der Waals surface area contributed by atoms with Crippen LogP contribution in [0.15, 0.2) is 18.5 Å². The quantitative estimate of drug-likeness (QED) is 0.546. The molecule has 0 saturated carbocycles. The first kappa shape index (κ1) is 14.2. The lowest BCUT2D eigenvalue weighted by molar-refractivity contribution is 0.546. The smallest absolute Gasteiger partial charge is 0.145 e. The number of hydrogen-bond donors (Lipinski definition) is 3. The van der Waals surface area contributed by atoms with Crippen molar-refractivity contribution in [1.82, 2.24) is 25.0 Å². The predicted molar refractivity (Wildman–Crippen MR) is 77.1 cm³/mol. The summed E-state index contributed by atoms with van der Waals surface area (Å²) in [6.45, 7) is 7.57. The highest BCUT2D eigenvalue weighted by molar-refractivity contribution is 5.47. The van der Waals surface area contributed by atoms with Crippen LogP contribution in [0.2, 0.25) is 0 Å². The highest BCUT2D eigenvalue weighted by Crippen LogP contribution is 2.21. The minimum Gasteiger partial charge on any atom is -0.368 e. The lowest BCUT2D eigenvalue weighted by Crippen LogP contribution is -2.20. The standard InChI is InChI=1S/C12H20N8/c1-12(2,3)11-16-9(8-10(17-11)18-13)14-4-6-20-7-5-15-19-20/h5,7-8H,4,6,13H2,1-3H3,(H2,14,16,17,18). The third-order valence-electron chi connectivity index (χ3n) is 2.66. The van der Waals surface area contributed by atoms with E-state index in [2.05, 4.69) is 51.8 Å². The molecule has 0 atom stereocenters. The summed E-state index contributed by atoms with van der Waals surface area (Å²) in [7, 11) is 0. The van der Waals surface area contributed by atoms with Gasteiger partial charge < -0.3 is 10.7 Å². The van der Waals surface area contributed by atoms with Gasteiger partial charge in [0.25, 0.3) is 0 Å². The number of nitrogens with two attached hydrogens (primary N) is 1. The molecule has 0 aliphatic carbocycles. The zero-order chi connectivity index (χ0) is 14.6. The van der Waals surface area contributed by atoms with Gasteiger partial charge in [0.15, 0.2) is 0 Å². The summed E-state index contributed by atoms with van der Waals surface area (Å²) < 4.78 is 1.75. The van der Waals surface area contributed by atoms with E-state index in [4.69, 9.17) is 5.84 Å². The molecular weight excluding hydrogens is 256 g/mol. The van der Waals surface area contributed by atoms with Crippen molar-refractivity contribution in [3.05, 3.63) is 24.3 Å². The van der Waals surface area contributed by atoms with Crippen LogP contribution in [0.3, 0.4) is 0 Å². The summed E-state index contributed by atoms with van der Waals surface area (Å²) in [5, 5.41) is 10.9. The van der Waals surface area contributed by atoms with Gasteiger partial charge in [0.2, 0.25) is 0 Å². The van der Waals surface area contributed by atoms with Crippen LogP contribution in [0.25, 0.3) is 0 Å². The Morgan fingerprint density at radius 2 is 2.00 bits per heavy atom. The van der Waals surface area contributed by atoms with Gasteiger partial charge in [0, 0.05) is 24.2 Å². The maximum atomic E-state index is 5.45. The molecule has 2 aromatic heterocycles. The third kappa shape index (κ3) is 3.64. The highest BCUT2D eigenvalue weighted by atomic mass is 15.4. The monoisotopic (exact) mass is 276 g/mol. The maximum Gasteiger partial charge on any atom is 0.145 e. The average molecular weight is 276 g/mol. The lowest BCUT2D eigenvalue weighted by Gasteiger charge is -2.18. The van der Waals surface area contributed by atoms with Gasteiger partial charge in [-0.3, -0.25) is 4.68 Å². The molecule has 4 N–H and O–H groups in total. The summed E-state index contributed by atoms with van der Waals surface area (Å²) in [5.41, 5.74) is 2.42. The first-order valence-corrected chi connectivity index (χ1v) is 6.43. The minimum atomic E-state index is -0.144. The molecule has 108 valence electrons. The molecule has 2 rings (SSSR count). The number of aromatic nitrogens is 5. The maximum absolute atomic E-state index is 5.45. The van der Waals surface area contributed by atoms with Crippen molar-refractivity contribution in [3.8, 4) is 0 Å². The average Bonchev–Trinajstić information content (AvgIpc) is 2.90. The molecule has 0 fully saturated rings. The fourth-order valence-electron chi connectivity index (χ4n) is 1.60. The Morgan fingerprint density at radius 1 is 1.25 bits per heavy atom. The van der Waals surface area contributed by atoms with Crippen LogP contribution in [-0.4, -0.2) is 31.5 Å². The number of nitrogens with zero attached hydrogens (tertiary/aromatic N) is 5. The third-order valence-corrected chi connectivity index (χ3v) is 2.66. The van der Waals surface area contributed by atoms with E-state index in [9.17, 15) is 0 Å². The van der Waals surface area contributed by atoms with Gasteiger partial charge in [0.05, 0.1) is 12.7 Å². The molecule has 0 radical (unpaired) electrons. The lowest BCUT2D eigenvalue weighted by atomic mass is 9.96. The molecule has 20 heavy (non-hydrogen) atoms. The molecule has 0 bridgehead atoms. The number of rotatable bonds is 5. The van der Waals surface area contributed by atoms with Crippen molar-refractivity contribution in [2.24, 2.45) is 5.84 Å². The Kier molecular flexibility index (Phi) is 4.14. The van der Waals surface area contributed by atoms with E-state index in [1.165, 1.54) is 0 Å². The Labute approximate surface area is 117 Å². The van der Waals surface area contributed by atoms with E-state index >= 15 is 0 Å². The van der Waals surface area contributed by atoms with E-state index in [1.54, 1.807) is 16.9 Å². The molecule has 0 spiro atoms. The molecular formula is C12H20N8. The highest BCUT2D eigenvalue weighted by Gasteiger charge is 2.18. The Hall–Kier alpha value is -2.22. The second kappa shape index (κ2) is 5.83. The summed E-state index contributed by atoms with van der Waals surface area (Å²) in [4.78, 5) is 8.87. The largest absolute Gasteiger partial charge is 0.368 e. The van der Waals surface area contributed by atoms with Crippen molar-refractivity contribution >= 4 is 11.6 Å². The van der Waals surface area contributed by atoms with Gasteiger partial charge in [-0.15, -0.1) is 5.10 Å². The second-order valence-corrected chi connectivity index (χ2v) is 5.45. The van der Waals surface area contributed by atoms with Gasteiger partial charge in [-0.1, -0.05) is 26.0 Å². The summed E-state index contributed by atoms with van der Waals surface area (Å²) in [5.74, 6) is 7.50. The fraction of sp³-hybridized carbons (Fsp3) is 0.500. The molecule has 0 aliphatic rings. The SMILES string of the molecule is CC(C)(C)c1nc(NN)cc(NCCn2ccnn2)n1. The molecule has 0 aliphatic heterocycles. The molecule has 0 amide bonds. The van der Waals surface area contributed by atoms with E-state index in [1.807, 2.05) is 6.20 Å². The van der Waals surface area contributed by atoms with Crippen molar-refractivity contribution in [2.45, 2.75) is 32.7 Å². The predicted octanol–water partition coefficient (Wildman–Crippen LogP) is 0.763. The van der Waals surface area contributed by atoms with E-state index in [0.717, 1.165) is 11.6 Å². The van der Waals surface area contributed by atoms with Crippen LogP contribution in [0.1, 0.15) is 26.6 Å². The first-order chi connectivity index (χ1) is 9.49. The van der Waals surface area contributed by atoms with Crippen LogP contribution >= 0.6 is 0 Å². The van der Waals surface area contributed by atoms with Crippen LogP contribution in [0.4, 0.5) is 11.6 Å². The zero-order valence-electron chi connectivity index (χ0n) is 12.0. The first-order valence-electron chi connectivity index (χ1n) is 6.43. The van der Waals surface area contributed by atoms with Gasteiger partial charge in [-0.05, 0) is 0 Å². The minimum absolute atomic E-state index is 0.144. The summed E-state index contributed by atoms with van der Waals surface area (Å²) >= 11 is 0. The number of nitrogen functional groups attached to an aromatic ring is 1. The van der Waals surface area contributed by atoms with E-state index < -0.39 is 0 Å². The van der Waals surface area contributed by atoms with E-state index in [-0.39, 0.29) is 5.41 Å². The Bertz CT molecular complexity index is 543. The Morgan fingerprint density at radius 3 is 2.60 bits per heavy atom. The second-order valence-electron chi connectivity index (χ2n) is 5.45. The molecule has 8 nitrogen and oxygen atoms in total. The van der Waals surface area contributed by atoms with Gasteiger partial charge in [-0.2, -0.15) is 0 Å². The number of nitrogens with one attached hydrogen (secondary N) is 2. The van der Waals surface area contributed by atoms with Crippen molar-refractivity contribution in [3.63, 3.8) is 0 Å². The number of anilines is 2. The normalized spacial score (nSPS) is 11.4. The number of hydrazine groups is 1. The van der Waals surface area contributed by atoms with Crippen LogP contribution in [0.5, 0.6) is 0 Å². The Balaban J connectivity index is 2.06. The van der Waals surface area contributed by atoms with E-state index in [0.29, 0.717) is 18.9 Å². The fourth-order valence-corrected chi connectivity index (χ4v) is 1.60.